The van der Waals surface area contributed by atoms with Crippen molar-refractivity contribution in [2.45, 2.75) is 13.3 Å². The molecule has 9 rings (SSSR count). The number of aromatic nitrogens is 3. The fourth-order valence-electron chi connectivity index (χ4n) is 6.80. The lowest BCUT2D eigenvalue weighted by molar-refractivity contribution is 0.669. The molecule has 0 amide bonds. The van der Waals surface area contributed by atoms with E-state index in [9.17, 15) is 0 Å². The molecule has 3 heterocycles. The number of benzene rings is 6. The number of hydrogen-bond acceptors (Lipinski definition) is 3. The SMILES string of the molecule is CCc1nc2ccccc2n1-c1ccc(-c2c3c(cc4c(-c5ccccc5)nc5ccccc5c24)oc2ccccc23)cc1. The van der Waals surface area contributed by atoms with Crippen LogP contribution in [0.25, 0.3) is 82.7 Å². The third-order valence-electron chi connectivity index (χ3n) is 8.74. The number of para-hydroxylation sites is 4. The van der Waals surface area contributed by atoms with Crippen molar-refractivity contribution in [2.24, 2.45) is 0 Å². The Morgan fingerprint density at radius 2 is 1.27 bits per heavy atom. The highest BCUT2D eigenvalue weighted by molar-refractivity contribution is 6.27. The molecule has 4 heteroatoms. The standard InChI is InChI=1S/C40H27N3O/c1-2-36-41-32-17-9-10-18-33(32)43(36)27-22-20-25(21-23-27)37-38-28-14-6-8-16-31(28)42-40(26-12-4-3-5-13-26)30(38)24-35-39(37)29-15-7-11-19-34(29)44-35/h3-24H,2H2,1H3. The Morgan fingerprint density at radius 3 is 2.09 bits per heavy atom. The predicted octanol–water partition coefficient (Wildman–Crippen LogP) is 10.5. The smallest absolute Gasteiger partial charge is 0.136 e. The first-order valence-electron chi connectivity index (χ1n) is 15.1. The van der Waals surface area contributed by atoms with Gasteiger partial charge in [-0.25, -0.2) is 9.97 Å². The molecule has 0 aliphatic rings. The van der Waals surface area contributed by atoms with Gasteiger partial charge in [0.2, 0.25) is 0 Å². The number of imidazole rings is 1. The third-order valence-corrected chi connectivity index (χ3v) is 8.74. The summed E-state index contributed by atoms with van der Waals surface area (Å²) < 4.78 is 8.82. The van der Waals surface area contributed by atoms with Crippen LogP contribution >= 0.6 is 0 Å². The first-order valence-corrected chi connectivity index (χ1v) is 15.1. The number of furan rings is 1. The number of pyridine rings is 1. The van der Waals surface area contributed by atoms with Crippen LogP contribution in [0, 0.1) is 0 Å². The average Bonchev–Trinajstić information content (AvgIpc) is 3.65. The lowest BCUT2D eigenvalue weighted by Crippen LogP contribution is -2.00. The van der Waals surface area contributed by atoms with Gasteiger partial charge in [-0.3, -0.25) is 4.57 Å². The van der Waals surface area contributed by atoms with Crippen molar-refractivity contribution in [3.05, 3.63) is 139 Å². The highest BCUT2D eigenvalue weighted by Gasteiger charge is 2.22. The number of nitrogens with zero attached hydrogens (tertiary/aromatic N) is 3. The maximum atomic E-state index is 6.55. The maximum absolute atomic E-state index is 6.55. The molecule has 0 fully saturated rings. The van der Waals surface area contributed by atoms with Crippen LogP contribution in [0.1, 0.15) is 12.7 Å². The highest BCUT2D eigenvalue weighted by atomic mass is 16.3. The van der Waals surface area contributed by atoms with Gasteiger partial charge in [0.15, 0.2) is 0 Å². The van der Waals surface area contributed by atoms with Crippen LogP contribution in [0.3, 0.4) is 0 Å². The van der Waals surface area contributed by atoms with Gasteiger partial charge < -0.3 is 4.42 Å². The summed E-state index contributed by atoms with van der Waals surface area (Å²) in [6, 6.07) is 46.7. The molecule has 44 heavy (non-hydrogen) atoms. The summed E-state index contributed by atoms with van der Waals surface area (Å²) in [6.45, 7) is 2.16. The first kappa shape index (κ1) is 24.8. The first-order chi connectivity index (χ1) is 21.8. The Bertz CT molecular complexity index is 2520. The number of rotatable bonds is 4. The van der Waals surface area contributed by atoms with Crippen molar-refractivity contribution < 1.29 is 4.42 Å². The van der Waals surface area contributed by atoms with Crippen LogP contribution in [-0.4, -0.2) is 14.5 Å². The fourth-order valence-corrected chi connectivity index (χ4v) is 6.80. The second kappa shape index (κ2) is 9.65. The van der Waals surface area contributed by atoms with Gasteiger partial charge >= 0.3 is 0 Å². The van der Waals surface area contributed by atoms with E-state index in [-0.39, 0.29) is 0 Å². The zero-order chi connectivity index (χ0) is 29.2. The van der Waals surface area contributed by atoms with Crippen molar-refractivity contribution in [1.29, 1.82) is 0 Å². The monoisotopic (exact) mass is 565 g/mol. The fraction of sp³-hybridized carbons (Fsp3) is 0.0500. The molecule has 3 aromatic heterocycles. The molecular weight excluding hydrogens is 538 g/mol. The second-order valence-corrected chi connectivity index (χ2v) is 11.2. The van der Waals surface area contributed by atoms with E-state index in [1.165, 1.54) is 5.39 Å². The summed E-state index contributed by atoms with van der Waals surface area (Å²) >= 11 is 0. The minimum absolute atomic E-state index is 0.850. The van der Waals surface area contributed by atoms with E-state index in [0.717, 1.165) is 89.6 Å². The molecule has 0 spiro atoms. The van der Waals surface area contributed by atoms with Gasteiger partial charge in [0.1, 0.15) is 17.0 Å². The quantitative estimate of drug-likeness (QED) is 0.199. The lowest BCUT2D eigenvalue weighted by atomic mass is 9.89. The average molecular weight is 566 g/mol. The molecule has 0 radical (unpaired) electrons. The summed E-state index contributed by atoms with van der Waals surface area (Å²) in [6.07, 6.45) is 0.850. The largest absolute Gasteiger partial charge is 0.456 e. The molecule has 0 bridgehead atoms. The minimum atomic E-state index is 0.850. The van der Waals surface area contributed by atoms with E-state index in [1.807, 2.05) is 18.2 Å². The zero-order valence-electron chi connectivity index (χ0n) is 24.2. The van der Waals surface area contributed by atoms with Gasteiger partial charge in [-0.15, -0.1) is 0 Å². The Balaban J connectivity index is 1.40. The van der Waals surface area contributed by atoms with Crippen molar-refractivity contribution in [3.63, 3.8) is 0 Å². The van der Waals surface area contributed by atoms with E-state index in [1.54, 1.807) is 0 Å². The second-order valence-electron chi connectivity index (χ2n) is 11.2. The van der Waals surface area contributed by atoms with Crippen LogP contribution < -0.4 is 0 Å². The molecule has 0 saturated carbocycles. The van der Waals surface area contributed by atoms with Crippen LogP contribution in [-0.2, 0) is 6.42 Å². The van der Waals surface area contributed by atoms with Crippen LogP contribution in [0.2, 0.25) is 0 Å². The molecule has 208 valence electrons. The molecule has 0 unspecified atom stereocenters. The van der Waals surface area contributed by atoms with Crippen molar-refractivity contribution in [2.75, 3.05) is 0 Å². The van der Waals surface area contributed by atoms with Crippen molar-refractivity contribution in [1.82, 2.24) is 14.5 Å². The Hall–Kier alpha value is -5.74. The molecule has 9 aromatic rings. The summed E-state index contributed by atoms with van der Waals surface area (Å²) in [5.41, 5.74) is 10.3. The van der Waals surface area contributed by atoms with Gasteiger partial charge in [0.25, 0.3) is 0 Å². The van der Waals surface area contributed by atoms with Gasteiger partial charge in [0, 0.05) is 50.2 Å². The normalized spacial score (nSPS) is 11.8. The predicted molar refractivity (Wildman–Crippen MR) is 181 cm³/mol. The summed E-state index contributed by atoms with van der Waals surface area (Å²) in [5.74, 6) is 1.05. The summed E-state index contributed by atoms with van der Waals surface area (Å²) in [4.78, 5) is 10.1. The van der Waals surface area contributed by atoms with Crippen LogP contribution in [0.5, 0.6) is 0 Å². The van der Waals surface area contributed by atoms with E-state index >= 15 is 0 Å². The maximum Gasteiger partial charge on any atom is 0.136 e. The van der Waals surface area contributed by atoms with Crippen LogP contribution in [0.15, 0.2) is 138 Å². The Labute approximate surface area is 253 Å². The topological polar surface area (TPSA) is 43.9 Å². The van der Waals surface area contributed by atoms with Crippen molar-refractivity contribution in [3.8, 4) is 28.1 Å². The summed E-state index contributed by atoms with van der Waals surface area (Å²) in [5, 5.41) is 5.62. The molecule has 0 aliphatic heterocycles. The molecule has 0 aliphatic carbocycles. The highest BCUT2D eigenvalue weighted by Crippen LogP contribution is 2.46. The molecule has 6 aromatic carbocycles. The number of fused-ring (bicyclic) bond motifs is 7. The molecular formula is C40H27N3O. The van der Waals surface area contributed by atoms with E-state index in [4.69, 9.17) is 14.4 Å². The van der Waals surface area contributed by atoms with E-state index < -0.39 is 0 Å². The van der Waals surface area contributed by atoms with Gasteiger partial charge in [-0.1, -0.05) is 97.9 Å². The number of aryl methyl sites for hydroxylation is 1. The third kappa shape index (κ3) is 3.64. The molecule has 0 atom stereocenters. The van der Waals surface area contributed by atoms with Gasteiger partial charge in [-0.2, -0.15) is 0 Å². The lowest BCUT2D eigenvalue weighted by Gasteiger charge is -2.16. The Kier molecular flexibility index (Phi) is 5.44. The van der Waals surface area contributed by atoms with E-state index in [2.05, 4.69) is 127 Å². The summed E-state index contributed by atoms with van der Waals surface area (Å²) in [7, 11) is 0. The Morgan fingerprint density at radius 1 is 0.568 bits per heavy atom. The zero-order valence-corrected chi connectivity index (χ0v) is 24.2. The van der Waals surface area contributed by atoms with Gasteiger partial charge in [0.05, 0.1) is 22.2 Å². The van der Waals surface area contributed by atoms with Gasteiger partial charge in [-0.05, 0) is 48.0 Å². The molecule has 0 saturated heterocycles. The van der Waals surface area contributed by atoms with Crippen molar-refractivity contribution >= 4 is 54.6 Å². The minimum Gasteiger partial charge on any atom is -0.456 e. The van der Waals surface area contributed by atoms with E-state index in [0.29, 0.717) is 0 Å². The number of hydrogen-bond donors (Lipinski definition) is 0. The molecule has 4 nitrogen and oxygen atoms in total. The molecule has 0 N–H and O–H groups in total. The van der Waals surface area contributed by atoms with Crippen LogP contribution in [0.4, 0.5) is 0 Å².